The molecular formula is C13H17Br2N5O3. The van der Waals surface area contributed by atoms with Gasteiger partial charge in [0.1, 0.15) is 11.8 Å². The van der Waals surface area contributed by atoms with Crippen molar-refractivity contribution in [1.29, 1.82) is 10.7 Å². The fourth-order valence-electron chi connectivity index (χ4n) is 1.30. The molecule has 126 valence electrons. The van der Waals surface area contributed by atoms with Crippen molar-refractivity contribution in [1.82, 2.24) is 5.32 Å². The Morgan fingerprint density at radius 3 is 2.35 bits per heavy atom. The molecule has 0 aliphatic rings. The van der Waals surface area contributed by atoms with Crippen molar-refractivity contribution < 1.29 is 15.0 Å². The molecule has 0 saturated carbocycles. The van der Waals surface area contributed by atoms with Crippen molar-refractivity contribution in [3.05, 3.63) is 26.6 Å². The molecule has 0 heterocycles. The molecule has 0 aliphatic heterocycles. The van der Waals surface area contributed by atoms with Gasteiger partial charge in [0.25, 0.3) is 0 Å². The van der Waals surface area contributed by atoms with Gasteiger partial charge in [0.05, 0.1) is 20.6 Å². The van der Waals surface area contributed by atoms with Gasteiger partial charge in [0, 0.05) is 6.54 Å². The van der Waals surface area contributed by atoms with E-state index in [2.05, 4.69) is 37.2 Å². The van der Waals surface area contributed by atoms with Crippen molar-refractivity contribution in [2.75, 3.05) is 6.54 Å². The number of nitrogens with zero attached hydrogens (tertiary/aromatic N) is 1. The highest BCUT2D eigenvalue weighted by Crippen LogP contribution is 2.32. The van der Waals surface area contributed by atoms with Crippen LogP contribution in [0, 0.1) is 16.7 Å². The van der Waals surface area contributed by atoms with Gasteiger partial charge in [0.15, 0.2) is 5.96 Å². The zero-order valence-corrected chi connectivity index (χ0v) is 15.2. The molecule has 1 atom stereocenters. The number of nitrogens with two attached hydrogens (primary N) is 2. The molecular weight excluding hydrogens is 434 g/mol. The largest absolute Gasteiger partial charge is 0.506 e. The summed E-state index contributed by atoms with van der Waals surface area (Å²) in [5.41, 5.74) is 10.7. The van der Waals surface area contributed by atoms with Gasteiger partial charge in [-0.2, -0.15) is 5.26 Å². The Bertz CT molecular complexity index is 581. The summed E-state index contributed by atoms with van der Waals surface area (Å²) >= 11 is 6.21. The van der Waals surface area contributed by atoms with Crippen molar-refractivity contribution in [3.63, 3.8) is 0 Å². The van der Waals surface area contributed by atoms with E-state index in [1.54, 1.807) is 12.1 Å². The first-order chi connectivity index (χ1) is 10.7. The number of carbonyl (C=O) groups is 1. The number of halogens is 2. The van der Waals surface area contributed by atoms with Crippen LogP contribution in [0.25, 0.3) is 0 Å². The summed E-state index contributed by atoms with van der Waals surface area (Å²) in [7, 11) is 0. The van der Waals surface area contributed by atoms with E-state index in [0.29, 0.717) is 33.9 Å². The van der Waals surface area contributed by atoms with Crippen LogP contribution in [0.4, 0.5) is 0 Å². The zero-order chi connectivity index (χ0) is 18.0. The Kier molecular flexibility index (Phi) is 9.96. The fraction of sp³-hybridized carbons (Fsp3) is 0.308. The van der Waals surface area contributed by atoms with Crippen molar-refractivity contribution in [2.24, 2.45) is 11.5 Å². The number of hydrogen-bond donors (Lipinski definition) is 6. The minimum atomic E-state index is -1.00. The third-order valence-corrected chi connectivity index (χ3v) is 3.68. The molecule has 1 aromatic rings. The topological polar surface area (TPSA) is 169 Å². The van der Waals surface area contributed by atoms with Crippen LogP contribution in [-0.2, 0) is 4.79 Å². The highest BCUT2D eigenvalue weighted by Gasteiger charge is 2.09. The minimum absolute atomic E-state index is 0.112. The van der Waals surface area contributed by atoms with Gasteiger partial charge in [-0.25, -0.2) is 0 Å². The van der Waals surface area contributed by atoms with E-state index in [9.17, 15) is 9.90 Å². The SMILES string of the molecule is N#Cc1cc(Br)c(O)c(Br)c1.N=C(N)NCCCC(N)C(=O)O. The number of aromatic hydroxyl groups is 1. The monoisotopic (exact) mass is 449 g/mol. The summed E-state index contributed by atoms with van der Waals surface area (Å²) in [6.45, 7) is 0.482. The normalized spacial score (nSPS) is 10.7. The van der Waals surface area contributed by atoms with Crippen LogP contribution in [0.15, 0.2) is 21.1 Å². The number of rotatable bonds is 5. The number of guanidine groups is 1. The Balaban J connectivity index is 0.000000422. The van der Waals surface area contributed by atoms with Crippen LogP contribution in [0.2, 0.25) is 0 Å². The molecule has 0 amide bonds. The van der Waals surface area contributed by atoms with Gasteiger partial charge in [-0.1, -0.05) is 0 Å². The summed E-state index contributed by atoms with van der Waals surface area (Å²) in [4.78, 5) is 10.2. The highest BCUT2D eigenvalue weighted by atomic mass is 79.9. The maximum absolute atomic E-state index is 10.2. The van der Waals surface area contributed by atoms with Gasteiger partial charge < -0.3 is 27.0 Å². The molecule has 23 heavy (non-hydrogen) atoms. The second kappa shape index (κ2) is 10.8. The summed E-state index contributed by atoms with van der Waals surface area (Å²) in [6.07, 6.45) is 0.975. The number of carboxylic acid groups (broad SMARTS) is 1. The van der Waals surface area contributed by atoms with Crippen molar-refractivity contribution in [2.45, 2.75) is 18.9 Å². The van der Waals surface area contributed by atoms with E-state index in [0.717, 1.165) is 0 Å². The second-order valence-electron chi connectivity index (χ2n) is 4.33. The third-order valence-electron chi connectivity index (χ3n) is 2.47. The molecule has 8 nitrogen and oxygen atoms in total. The Morgan fingerprint density at radius 1 is 1.43 bits per heavy atom. The van der Waals surface area contributed by atoms with Crippen LogP contribution in [0.5, 0.6) is 5.75 Å². The molecule has 0 bridgehead atoms. The molecule has 10 heteroatoms. The Hall–Kier alpha value is -1.83. The van der Waals surface area contributed by atoms with Crippen LogP contribution < -0.4 is 16.8 Å². The first-order valence-electron chi connectivity index (χ1n) is 6.33. The maximum Gasteiger partial charge on any atom is 0.320 e. The van der Waals surface area contributed by atoms with E-state index >= 15 is 0 Å². The molecule has 0 radical (unpaired) electrons. The van der Waals surface area contributed by atoms with Crippen molar-refractivity contribution in [3.8, 4) is 11.8 Å². The number of benzene rings is 1. The lowest BCUT2D eigenvalue weighted by Gasteiger charge is -2.06. The summed E-state index contributed by atoms with van der Waals surface area (Å²) < 4.78 is 1.03. The van der Waals surface area contributed by atoms with E-state index in [-0.39, 0.29) is 11.7 Å². The Morgan fingerprint density at radius 2 is 1.96 bits per heavy atom. The maximum atomic E-state index is 10.2. The van der Waals surface area contributed by atoms with Crippen LogP contribution >= 0.6 is 31.9 Å². The zero-order valence-electron chi connectivity index (χ0n) is 12.0. The number of aliphatic carboxylic acids is 1. The number of hydrogen-bond acceptors (Lipinski definition) is 5. The summed E-state index contributed by atoms with van der Waals surface area (Å²) in [5, 5.41) is 35.4. The molecule has 1 rings (SSSR count). The molecule has 1 unspecified atom stereocenters. The molecule has 0 fully saturated rings. The Labute approximate surface area is 150 Å². The standard InChI is InChI=1S/C7H3Br2NO.C6H14N4O2/c8-5-1-4(3-10)2-6(9)7(5)11;7-4(5(11)12)2-1-3-10-6(8)9/h1-2,11H;4H,1-3,7H2,(H,11,12)(H4,8,9,10). The number of nitriles is 1. The van der Waals surface area contributed by atoms with Crippen LogP contribution in [-0.4, -0.2) is 34.7 Å². The highest BCUT2D eigenvalue weighted by molar-refractivity contribution is 9.11. The molecule has 0 aliphatic carbocycles. The molecule has 0 aromatic heterocycles. The molecule has 0 saturated heterocycles. The van der Waals surface area contributed by atoms with E-state index in [4.69, 9.17) is 27.2 Å². The lowest BCUT2D eigenvalue weighted by molar-refractivity contribution is -0.138. The molecule has 0 spiro atoms. The lowest BCUT2D eigenvalue weighted by Crippen LogP contribution is -2.34. The lowest BCUT2D eigenvalue weighted by atomic mass is 10.2. The fourth-order valence-corrected chi connectivity index (χ4v) is 2.49. The van der Waals surface area contributed by atoms with E-state index in [1.165, 1.54) is 0 Å². The van der Waals surface area contributed by atoms with E-state index < -0.39 is 12.0 Å². The van der Waals surface area contributed by atoms with Gasteiger partial charge in [-0.05, 0) is 56.8 Å². The third kappa shape index (κ3) is 9.02. The second-order valence-corrected chi connectivity index (χ2v) is 6.04. The number of phenolic OH excluding ortho intramolecular Hbond substituents is 1. The van der Waals surface area contributed by atoms with Crippen LogP contribution in [0.1, 0.15) is 18.4 Å². The first-order valence-corrected chi connectivity index (χ1v) is 7.92. The average molecular weight is 451 g/mol. The first kappa shape index (κ1) is 21.2. The summed E-state index contributed by atoms with van der Waals surface area (Å²) in [5.74, 6) is -0.999. The van der Waals surface area contributed by atoms with Gasteiger partial charge in [-0.3, -0.25) is 10.2 Å². The van der Waals surface area contributed by atoms with Gasteiger partial charge in [0.2, 0.25) is 0 Å². The van der Waals surface area contributed by atoms with Gasteiger partial charge >= 0.3 is 5.97 Å². The van der Waals surface area contributed by atoms with Gasteiger partial charge in [-0.15, -0.1) is 0 Å². The summed E-state index contributed by atoms with van der Waals surface area (Å²) in [6, 6.07) is 4.26. The van der Waals surface area contributed by atoms with E-state index in [1.807, 2.05) is 6.07 Å². The predicted octanol–water partition coefficient (Wildman–Crippen LogP) is 1.45. The number of phenols is 1. The molecule has 1 aromatic carbocycles. The smallest absolute Gasteiger partial charge is 0.320 e. The van der Waals surface area contributed by atoms with Crippen LogP contribution in [0.3, 0.4) is 0 Å². The quantitative estimate of drug-likeness (QED) is 0.224. The number of nitrogens with one attached hydrogen (secondary N) is 2. The predicted molar refractivity (Wildman–Crippen MR) is 93.0 cm³/mol. The average Bonchev–Trinajstić information content (AvgIpc) is 2.48. The van der Waals surface area contributed by atoms with Crippen molar-refractivity contribution >= 4 is 43.8 Å². The molecule has 8 N–H and O–H groups in total. The number of carboxylic acids is 1. The minimum Gasteiger partial charge on any atom is -0.506 e.